The van der Waals surface area contributed by atoms with Crippen molar-refractivity contribution in [2.75, 3.05) is 31.1 Å². The van der Waals surface area contributed by atoms with Crippen molar-refractivity contribution in [3.8, 4) is 5.75 Å². The van der Waals surface area contributed by atoms with Crippen LogP contribution in [0.15, 0.2) is 42.6 Å². The Balaban J connectivity index is 1.51. The zero-order valence-corrected chi connectivity index (χ0v) is 21.0. The number of aromatic nitrogens is 1. The third-order valence-electron chi connectivity index (χ3n) is 5.60. The summed E-state index contributed by atoms with van der Waals surface area (Å²) in [7, 11) is 0. The van der Waals surface area contributed by atoms with Gasteiger partial charge in [-0.15, -0.1) is 0 Å². The molecule has 1 saturated heterocycles. The maximum Gasteiger partial charge on any atom is 0.415 e. The molecule has 9 heteroatoms. The van der Waals surface area contributed by atoms with Gasteiger partial charge >= 0.3 is 12.1 Å². The third-order valence-corrected chi connectivity index (χ3v) is 5.60. The van der Waals surface area contributed by atoms with Crippen LogP contribution < -0.4 is 15.0 Å². The van der Waals surface area contributed by atoms with E-state index in [0.29, 0.717) is 43.3 Å². The fraction of sp³-hybridized carbons (Fsp3) is 0.462. The van der Waals surface area contributed by atoms with E-state index in [0.717, 1.165) is 6.42 Å². The standard InChI is InChI=1S/C26H34N4O5/c1-25(2,3)17-26(4,5)28-22(31)18-6-9-20(10-7-18)35-24(34)30-14-12-29(13-15-30)21-11-8-19(16-27-21)23(32)33/h6-11,16H,12-15,17H2,1-5H3,(H,28,31)(H,32,33). The number of pyridine rings is 1. The molecule has 9 nitrogen and oxygen atoms in total. The molecule has 1 fully saturated rings. The van der Waals surface area contributed by atoms with Crippen LogP contribution in [0.1, 0.15) is 61.8 Å². The molecule has 0 radical (unpaired) electrons. The van der Waals surface area contributed by atoms with E-state index >= 15 is 0 Å². The highest BCUT2D eigenvalue weighted by Gasteiger charge is 2.28. The lowest BCUT2D eigenvalue weighted by atomic mass is 9.81. The van der Waals surface area contributed by atoms with Gasteiger partial charge in [-0.05, 0) is 62.1 Å². The second kappa shape index (κ2) is 10.3. The number of rotatable bonds is 6. The summed E-state index contributed by atoms with van der Waals surface area (Å²) in [4.78, 5) is 44.0. The van der Waals surface area contributed by atoms with Gasteiger partial charge in [0.05, 0.1) is 5.56 Å². The predicted molar refractivity (Wildman–Crippen MR) is 133 cm³/mol. The maximum absolute atomic E-state index is 12.7. The summed E-state index contributed by atoms with van der Waals surface area (Å²) in [6, 6.07) is 9.71. The van der Waals surface area contributed by atoms with E-state index in [9.17, 15) is 14.4 Å². The van der Waals surface area contributed by atoms with Crippen LogP contribution in [0.25, 0.3) is 0 Å². The molecule has 2 aromatic rings. The summed E-state index contributed by atoms with van der Waals surface area (Å²) < 4.78 is 5.49. The van der Waals surface area contributed by atoms with Crippen molar-refractivity contribution in [3.63, 3.8) is 0 Å². The Bertz CT molecular complexity index is 1050. The maximum atomic E-state index is 12.7. The summed E-state index contributed by atoms with van der Waals surface area (Å²) in [5.74, 6) is -0.149. The molecular weight excluding hydrogens is 448 g/mol. The minimum absolute atomic E-state index is 0.0851. The van der Waals surface area contributed by atoms with E-state index in [1.165, 1.54) is 12.3 Å². The van der Waals surface area contributed by atoms with Crippen molar-refractivity contribution < 1.29 is 24.2 Å². The van der Waals surface area contributed by atoms with Crippen molar-refractivity contribution >= 4 is 23.8 Å². The van der Waals surface area contributed by atoms with Crippen molar-refractivity contribution in [1.29, 1.82) is 0 Å². The highest BCUT2D eigenvalue weighted by Crippen LogP contribution is 2.27. The number of hydrogen-bond donors (Lipinski definition) is 2. The molecule has 2 N–H and O–H groups in total. The van der Waals surface area contributed by atoms with Gasteiger partial charge in [-0.1, -0.05) is 20.8 Å². The number of nitrogens with zero attached hydrogens (tertiary/aromatic N) is 3. The van der Waals surface area contributed by atoms with E-state index in [-0.39, 0.29) is 22.4 Å². The van der Waals surface area contributed by atoms with E-state index in [2.05, 4.69) is 31.1 Å². The molecule has 0 atom stereocenters. The van der Waals surface area contributed by atoms with Crippen molar-refractivity contribution in [1.82, 2.24) is 15.2 Å². The molecule has 188 valence electrons. The van der Waals surface area contributed by atoms with Crippen LogP contribution in [0.4, 0.5) is 10.6 Å². The van der Waals surface area contributed by atoms with Gasteiger partial charge in [0.15, 0.2) is 0 Å². The summed E-state index contributed by atoms with van der Waals surface area (Å²) in [5.41, 5.74) is 0.369. The zero-order chi connectivity index (χ0) is 25.8. The summed E-state index contributed by atoms with van der Waals surface area (Å²) >= 11 is 0. The first-order valence-corrected chi connectivity index (χ1v) is 11.7. The molecule has 0 aliphatic carbocycles. The molecule has 2 amide bonds. The number of aromatic carboxylic acids is 1. The number of carboxylic acids is 1. The second-order valence-corrected chi connectivity index (χ2v) is 10.7. The molecule has 35 heavy (non-hydrogen) atoms. The fourth-order valence-electron chi connectivity index (χ4n) is 4.41. The van der Waals surface area contributed by atoms with Crippen LogP contribution in [0.2, 0.25) is 0 Å². The van der Waals surface area contributed by atoms with Gasteiger partial charge in [0.1, 0.15) is 11.6 Å². The highest BCUT2D eigenvalue weighted by atomic mass is 16.6. The van der Waals surface area contributed by atoms with E-state index < -0.39 is 12.1 Å². The summed E-state index contributed by atoms with van der Waals surface area (Å²) in [6.45, 7) is 12.4. The average Bonchev–Trinajstić information content (AvgIpc) is 2.77. The van der Waals surface area contributed by atoms with Crippen LogP contribution in [0.3, 0.4) is 0 Å². The average molecular weight is 483 g/mol. The first-order valence-electron chi connectivity index (χ1n) is 11.7. The Morgan fingerprint density at radius 3 is 2.06 bits per heavy atom. The monoisotopic (exact) mass is 482 g/mol. The molecule has 2 heterocycles. The van der Waals surface area contributed by atoms with Gasteiger partial charge in [0, 0.05) is 43.5 Å². The molecule has 0 spiro atoms. The fourth-order valence-corrected chi connectivity index (χ4v) is 4.41. The number of carboxylic acid groups (broad SMARTS) is 1. The number of nitrogens with one attached hydrogen (secondary N) is 1. The van der Waals surface area contributed by atoms with Crippen LogP contribution in [-0.4, -0.2) is 64.7 Å². The summed E-state index contributed by atoms with van der Waals surface area (Å²) in [6.07, 6.45) is 1.70. The number of benzene rings is 1. The molecule has 1 aliphatic rings. The Kier molecular flexibility index (Phi) is 7.67. The SMILES string of the molecule is CC(C)(C)CC(C)(C)NC(=O)c1ccc(OC(=O)N2CCN(c3ccc(C(=O)O)cn3)CC2)cc1. The van der Waals surface area contributed by atoms with Gasteiger partial charge in [-0.2, -0.15) is 0 Å². The topological polar surface area (TPSA) is 112 Å². The van der Waals surface area contributed by atoms with Gasteiger partial charge in [0.25, 0.3) is 5.91 Å². The van der Waals surface area contributed by atoms with Crippen LogP contribution in [0.5, 0.6) is 5.75 Å². The molecule has 1 aromatic heterocycles. The number of amides is 2. The number of piperazine rings is 1. The largest absolute Gasteiger partial charge is 0.478 e. The van der Waals surface area contributed by atoms with Gasteiger partial charge in [-0.3, -0.25) is 4.79 Å². The second-order valence-electron chi connectivity index (χ2n) is 10.7. The zero-order valence-electron chi connectivity index (χ0n) is 21.0. The summed E-state index contributed by atoms with van der Waals surface area (Å²) in [5, 5.41) is 12.1. The lowest BCUT2D eigenvalue weighted by Gasteiger charge is -2.34. The van der Waals surface area contributed by atoms with Crippen LogP contribution in [-0.2, 0) is 0 Å². The molecule has 3 rings (SSSR count). The lowest BCUT2D eigenvalue weighted by Crippen LogP contribution is -2.49. The molecule has 0 bridgehead atoms. The van der Waals surface area contributed by atoms with Gasteiger partial charge in [-0.25, -0.2) is 14.6 Å². The van der Waals surface area contributed by atoms with Crippen molar-refractivity contribution in [2.45, 2.75) is 46.6 Å². The van der Waals surface area contributed by atoms with Crippen molar-refractivity contribution in [3.05, 3.63) is 53.7 Å². The Labute approximate surface area is 206 Å². The first-order chi connectivity index (χ1) is 16.3. The lowest BCUT2D eigenvalue weighted by molar-refractivity contribution is 0.0695. The molecule has 0 saturated carbocycles. The molecule has 0 unspecified atom stereocenters. The minimum Gasteiger partial charge on any atom is -0.478 e. The van der Waals surface area contributed by atoms with Crippen LogP contribution in [0, 0.1) is 5.41 Å². The van der Waals surface area contributed by atoms with E-state index in [1.54, 1.807) is 35.2 Å². The number of carbonyl (C=O) groups excluding carboxylic acids is 2. The Morgan fingerprint density at radius 2 is 1.54 bits per heavy atom. The van der Waals surface area contributed by atoms with Crippen molar-refractivity contribution in [2.24, 2.45) is 5.41 Å². The smallest absolute Gasteiger partial charge is 0.415 e. The van der Waals surface area contributed by atoms with Gasteiger partial charge < -0.3 is 25.0 Å². The number of anilines is 1. The van der Waals surface area contributed by atoms with Crippen LogP contribution >= 0.6 is 0 Å². The molecule has 1 aromatic carbocycles. The van der Waals surface area contributed by atoms with E-state index in [1.807, 2.05) is 18.7 Å². The normalized spacial score (nSPS) is 14.4. The Hall–Kier alpha value is -3.62. The third kappa shape index (κ3) is 7.43. The molecular formula is C26H34N4O5. The Morgan fingerprint density at radius 1 is 0.943 bits per heavy atom. The predicted octanol–water partition coefficient (Wildman–Crippen LogP) is 4.05. The minimum atomic E-state index is -1.02. The number of carbonyl (C=O) groups is 3. The highest BCUT2D eigenvalue weighted by molar-refractivity contribution is 5.94. The van der Waals surface area contributed by atoms with Gasteiger partial charge in [0.2, 0.25) is 0 Å². The number of hydrogen-bond acceptors (Lipinski definition) is 6. The molecule has 1 aliphatic heterocycles. The quantitative estimate of drug-likeness (QED) is 0.639. The number of ether oxygens (including phenoxy) is 1. The van der Waals surface area contributed by atoms with E-state index in [4.69, 9.17) is 9.84 Å². The first kappa shape index (κ1) is 26.0.